The highest BCUT2D eigenvalue weighted by Crippen LogP contribution is 2.31. The molecule has 0 aromatic carbocycles. The van der Waals surface area contributed by atoms with Crippen molar-refractivity contribution in [1.29, 1.82) is 0 Å². The van der Waals surface area contributed by atoms with E-state index in [1.54, 1.807) is 0 Å². The van der Waals surface area contributed by atoms with Gasteiger partial charge < -0.3 is 10.1 Å². The van der Waals surface area contributed by atoms with E-state index in [4.69, 9.17) is 4.98 Å². The maximum absolute atomic E-state index is 9.59. The third-order valence-corrected chi connectivity index (χ3v) is 3.81. The van der Waals surface area contributed by atoms with Gasteiger partial charge in [0.25, 0.3) is 0 Å². The van der Waals surface area contributed by atoms with E-state index in [1.165, 1.54) is 0 Å². The predicted octanol–water partition coefficient (Wildman–Crippen LogP) is 2.80. The zero-order chi connectivity index (χ0) is 13.2. The van der Waals surface area contributed by atoms with Crippen molar-refractivity contribution < 1.29 is 5.11 Å². The molecule has 1 aliphatic carbocycles. The highest BCUT2D eigenvalue weighted by molar-refractivity contribution is 5.54. The lowest BCUT2D eigenvalue weighted by atomic mass is 9.87. The molecular formula is C15H19N3O. The number of nitrogens with zero attached hydrogens (tertiary/aromatic N) is 2. The van der Waals surface area contributed by atoms with Crippen LogP contribution in [0.2, 0.25) is 0 Å². The number of aliphatic hydroxyl groups is 1. The highest BCUT2D eigenvalue weighted by atomic mass is 16.3. The number of aromatic amines is 1. The maximum Gasteiger partial charge on any atom is 0.132 e. The molecule has 2 heterocycles. The van der Waals surface area contributed by atoms with Crippen LogP contribution < -0.4 is 0 Å². The molecule has 4 nitrogen and oxygen atoms in total. The molecule has 2 N–H and O–H groups in total. The minimum Gasteiger partial charge on any atom is -0.393 e. The number of hydrogen-bond acceptors (Lipinski definition) is 3. The van der Waals surface area contributed by atoms with E-state index in [2.05, 4.69) is 9.97 Å². The van der Waals surface area contributed by atoms with Crippen molar-refractivity contribution >= 4 is 0 Å². The third-order valence-electron chi connectivity index (χ3n) is 3.81. The van der Waals surface area contributed by atoms with Gasteiger partial charge in [0.05, 0.1) is 17.5 Å². The van der Waals surface area contributed by atoms with Crippen LogP contribution in [0.3, 0.4) is 0 Å². The van der Waals surface area contributed by atoms with Gasteiger partial charge in [-0.3, -0.25) is 0 Å². The summed E-state index contributed by atoms with van der Waals surface area (Å²) in [5.41, 5.74) is 2.99. The Bertz CT molecular complexity index is 543. The van der Waals surface area contributed by atoms with Gasteiger partial charge in [-0.1, -0.05) is 0 Å². The molecule has 1 saturated carbocycles. The van der Waals surface area contributed by atoms with Crippen LogP contribution in [-0.4, -0.2) is 26.2 Å². The van der Waals surface area contributed by atoms with Gasteiger partial charge in [-0.15, -0.1) is 0 Å². The second kappa shape index (κ2) is 5.13. The molecule has 100 valence electrons. The van der Waals surface area contributed by atoms with Gasteiger partial charge in [-0.25, -0.2) is 9.97 Å². The number of aromatic nitrogens is 3. The summed E-state index contributed by atoms with van der Waals surface area (Å²) in [4.78, 5) is 12.5. The number of nitrogens with one attached hydrogen (secondary N) is 1. The lowest BCUT2D eigenvalue weighted by Gasteiger charge is -2.24. The fraction of sp³-hybridized carbons (Fsp3) is 0.467. The largest absolute Gasteiger partial charge is 0.393 e. The smallest absolute Gasteiger partial charge is 0.132 e. The van der Waals surface area contributed by atoms with E-state index in [9.17, 15) is 5.11 Å². The molecular weight excluding hydrogens is 238 g/mol. The summed E-state index contributed by atoms with van der Waals surface area (Å²) in [5, 5.41) is 9.59. The molecule has 2 aromatic rings. The van der Waals surface area contributed by atoms with E-state index < -0.39 is 0 Å². The minimum absolute atomic E-state index is 0.135. The summed E-state index contributed by atoms with van der Waals surface area (Å²) >= 11 is 0. The Kier molecular flexibility index (Phi) is 3.34. The average molecular weight is 257 g/mol. The van der Waals surface area contributed by atoms with E-state index >= 15 is 0 Å². The van der Waals surface area contributed by atoms with Crippen molar-refractivity contribution in [3.8, 4) is 11.4 Å². The van der Waals surface area contributed by atoms with Gasteiger partial charge in [0.1, 0.15) is 5.82 Å². The van der Waals surface area contributed by atoms with Crippen LogP contribution in [0.4, 0.5) is 0 Å². The first-order chi connectivity index (χ1) is 9.22. The topological polar surface area (TPSA) is 61.8 Å². The summed E-state index contributed by atoms with van der Waals surface area (Å²) in [6.45, 7) is 2.01. The van der Waals surface area contributed by atoms with Crippen molar-refractivity contribution in [2.24, 2.45) is 0 Å². The average Bonchev–Trinajstić information content (AvgIpc) is 2.93. The molecule has 2 aromatic heterocycles. The lowest BCUT2D eigenvalue weighted by Crippen LogP contribution is -2.19. The molecule has 0 spiro atoms. The Morgan fingerprint density at radius 2 is 2.00 bits per heavy atom. The van der Waals surface area contributed by atoms with Gasteiger partial charge >= 0.3 is 0 Å². The van der Waals surface area contributed by atoms with E-state index in [0.717, 1.165) is 48.6 Å². The standard InChI is InChI=1S/C15H19N3O/c1-10-9-14(13-3-2-8-16-13)18-15(17-10)11-4-6-12(19)7-5-11/h2-3,8-9,11-12,16,19H,4-7H2,1H3. The van der Waals surface area contributed by atoms with E-state index in [1.807, 2.05) is 31.3 Å². The summed E-state index contributed by atoms with van der Waals surface area (Å²) in [6.07, 6.45) is 5.45. The molecule has 0 atom stereocenters. The van der Waals surface area contributed by atoms with Gasteiger partial charge in [0.15, 0.2) is 0 Å². The van der Waals surface area contributed by atoms with Crippen LogP contribution in [0.15, 0.2) is 24.4 Å². The molecule has 0 unspecified atom stereocenters. The first-order valence-electron chi connectivity index (χ1n) is 6.90. The zero-order valence-electron chi connectivity index (χ0n) is 11.1. The number of H-pyrrole nitrogens is 1. The van der Waals surface area contributed by atoms with Gasteiger partial charge in [0.2, 0.25) is 0 Å². The SMILES string of the molecule is Cc1cc(-c2ccc[nH]2)nc(C2CCC(O)CC2)n1. The minimum atomic E-state index is -0.135. The first-order valence-corrected chi connectivity index (χ1v) is 6.90. The molecule has 4 heteroatoms. The molecule has 1 fully saturated rings. The van der Waals surface area contributed by atoms with Gasteiger partial charge in [-0.2, -0.15) is 0 Å². The monoisotopic (exact) mass is 257 g/mol. The van der Waals surface area contributed by atoms with Crippen LogP contribution in [0.25, 0.3) is 11.4 Å². The number of aryl methyl sites for hydroxylation is 1. The van der Waals surface area contributed by atoms with Crippen molar-refractivity contribution in [1.82, 2.24) is 15.0 Å². The molecule has 19 heavy (non-hydrogen) atoms. The summed E-state index contributed by atoms with van der Waals surface area (Å²) in [5.74, 6) is 1.31. The second-order valence-electron chi connectivity index (χ2n) is 5.34. The lowest BCUT2D eigenvalue weighted by molar-refractivity contribution is 0.121. The fourth-order valence-corrected chi connectivity index (χ4v) is 2.74. The molecule has 0 bridgehead atoms. The molecule has 0 aliphatic heterocycles. The summed E-state index contributed by atoms with van der Waals surface area (Å²) in [6, 6.07) is 6.01. The van der Waals surface area contributed by atoms with Crippen LogP contribution in [-0.2, 0) is 0 Å². The number of rotatable bonds is 2. The molecule has 3 rings (SSSR count). The number of aliphatic hydroxyl groups excluding tert-OH is 1. The quantitative estimate of drug-likeness (QED) is 0.869. The number of hydrogen-bond donors (Lipinski definition) is 2. The predicted molar refractivity (Wildman–Crippen MR) is 73.8 cm³/mol. The van der Waals surface area contributed by atoms with Crippen molar-refractivity contribution in [3.05, 3.63) is 35.9 Å². The Hall–Kier alpha value is -1.68. The maximum atomic E-state index is 9.59. The molecule has 0 amide bonds. The van der Waals surface area contributed by atoms with Crippen molar-refractivity contribution in [2.75, 3.05) is 0 Å². The molecule has 1 aliphatic rings. The van der Waals surface area contributed by atoms with Crippen LogP contribution in [0.5, 0.6) is 0 Å². The van der Waals surface area contributed by atoms with Crippen molar-refractivity contribution in [2.45, 2.75) is 44.6 Å². The Labute approximate surface area is 112 Å². The highest BCUT2D eigenvalue weighted by Gasteiger charge is 2.23. The van der Waals surface area contributed by atoms with E-state index in [0.29, 0.717) is 5.92 Å². The van der Waals surface area contributed by atoms with Crippen LogP contribution >= 0.6 is 0 Å². The summed E-state index contributed by atoms with van der Waals surface area (Å²) < 4.78 is 0. The summed E-state index contributed by atoms with van der Waals surface area (Å²) in [7, 11) is 0. The van der Waals surface area contributed by atoms with Crippen LogP contribution in [0.1, 0.15) is 43.1 Å². The normalized spacial score (nSPS) is 23.5. The fourth-order valence-electron chi connectivity index (χ4n) is 2.74. The first kappa shape index (κ1) is 12.4. The zero-order valence-corrected chi connectivity index (χ0v) is 11.1. The van der Waals surface area contributed by atoms with Gasteiger partial charge in [-0.05, 0) is 50.8 Å². The van der Waals surface area contributed by atoms with E-state index in [-0.39, 0.29) is 6.10 Å². The van der Waals surface area contributed by atoms with Crippen LogP contribution in [0, 0.1) is 6.92 Å². The Morgan fingerprint density at radius 3 is 2.68 bits per heavy atom. The second-order valence-corrected chi connectivity index (χ2v) is 5.34. The third kappa shape index (κ3) is 2.68. The Morgan fingerprint density at radius 1 is 1.21 bits per heavy atom. The van der Waals surface area contributed by atoms with Crippen molar-refractivity contribution in [3.63, 3.8) is 0 Å². The molecule has 0 saturated heterocycles. The Balaban J connectivity index is 1.90. The molecule has 0 radical (unpaired) electrons. The van der Waals surface area contributed by atoms with Gasteiger partial charge in [0, 0.05) is 17.8 Å².